The molecule has 1 atom stereocenters. The number of carbonyl (C=O) groups excluding carboxylic acids is 1. The summed E-state index contributed by atoms with van der Waals surface area (Å²) in [4.78, 5) is 13.7. The van der Waals surface area contributed by atoms with Crippen LogP contribution >= 0.6 is 0 Å². The number of aliphatic hydroxyl groups excluding tert-OH is 1. The van der Waals surface area contributed by atoms with E-state index in [4.69, 9.17) is 5.11 Å². The number of amides is 1. The van der Waals surface area contributed by atoms with Crippen LogP contribution in [0.1, 0.15) is 31.4 Å². The van der Waals surface area contributed by atoms with Gasteiger partial charge in [0.2, 0.25) is 5.91 Å². The van der Waals surface area contributed by atoms with Gasteiger partial charge in [0, 0.05) is 13.6 Å². The van der Waals surface area contributed by atoms with E-state index in [9.17, 15) is 4.79 Å². The topological polar surface area (TPSA) is 40.5 Å². The molecule has 1 rings (SSSR count). The van der Waals surface area contributed by atoms with Gasteiger partial charge >= 0.3 is 0 Å². The summed E-state index contributed by atoms with van der Waals surface area (Å²) in [6, 6.07) is 8.30. The maximum atomic E-state index is 12.0. The molecule has 0 saturated heterocycles. The number of benzene rings is 1. The zero-order valence-corrected chi connectivity index (χ0v) is 11.5. The molecule has 0 aliphatic rings. The summed E-state index contributed by atoms with van der Waals surface area (Å²) in [5.41, 5.74) is 2.42. The van der Waals surface area contributed by atoms with Crippen LogP contribution in [0, 0.1) is 5.92 Å². The van der Waals surface area contributed by atoms with Crippen molar-refractivity contribution in [2.75, 3.05) is 13.7 Å². The van der Waals surface area contributed by atoms with Crippen molar-refractivity contribution in [2.45, 2.75) is 33.2 Å². The van der Waals surface area contributed by atoms with E-state index in [0.29, 0.717) is 13.0 Å². The Labute approximate surface area is 109 Å². The Kier molecular flexibility index (Phi) is 5.86. The van der Waals surface area contributed by atoms with Crippen molar-refractivity contribution in [3.8, 4) is 0 Å². The van der Waals surface area contributed by atoms with Crippen molar-refractivity contribution in [1.29, 1.82) is 0 Å². The van der Waals surface area contributed by atoms with E-state index in [1.54, 1.807) is 11.9 Å². The molecule has 18 heavy (non-hydrogen) atoms. The molecule has 0 heterocycles. The van der Waals surface area contributed by atoms with Gasteiger partial charge in [-0.2, -0.15) is 0 Å². The first kappa shape index (κ1) is 14.7. The lowest BCUT2D eigenvalue weighted by molar-refractivity contribution is -0.136. The molecule has 0 aliphatic heterocycles. The summed E-state index contributed by atoms with van der Waals surface area (Å²) < 4.78 is 0. The number of aliphatic hydroxyl groups is 1. The molecular formula is C15H23NO2. The van der Waals surface area contributed by atoms with Gasteiger partial charge in [-0.3, -0.25) is 4.79 Å². The molecule has 100 valence electrons. The fourth-order valence-corrected chi connectivity index (χ4v) is 1.93. The summed E-state index contributed by atoms with van der Waals surface area (Å²) in [7, 11) is 1.79. The number of hydrogen-bond donors (Lipinski definition) is 1. The summed E-state index contributed by atoms with van der Waals surface area (Å²) in [5, 5.41) is 9.13. The minimum atomic E-state index is -0.273. The fourth-order valence-electron chi connectivity index (χ4n) is 1.93. The molecule has 1 N–H and O–H groups in total. The van der Waals surface area contributed by atoms with Crippen molar-refractivity contribution >= 4 is 5.91 Å². The van der Waals surface area contributed by atoms with Crippen LogP contribution < -0.4 is 0 Å². The molecule has 1 aromatic rings. The molecule has 3 heteroatoms. The predicted octanol–water partition coefficient (Wildman–Crippen LogP) is 2.23. The van der Waals surface area contributed by atoms with Crippen LogP contribution in [-0.4, -0.2) is 29.6 Å². The lowest BCUT2D eigenvalue weighted by Gasteiger charge is -2.22. The minimum Gasteiger partial charge on any atom is -0.396 e. The first-order valence-electron chi connectivity index (χ1n) is 6.56. The highest BCUT2D eigenvalue weighted by molar-refractivity contribution is 5.78. The molecule has 3 nitrogen and oxygen atoms in total. The Bertz CT molecular complexity index is 369. The molecule has 1 unspecified atom stereocenters. The van der Waals surface area contributed by atoms with Crippen molar-refractivity contribution in [3.05, 3.63) is 35.4 Å². The third-order valence-corrected chi connectivity index (χ3v) is 3.29. The fraction of sp³-hybridized carbons (Fsp3) is 0.533. The smallest absolute Gasteiger partial charge is 0.228 e. The second kappa shape index (κ2) is 7.17. The van der Waals surface area contributed by atoms with Gasteiger partial charge in [-0.15, -0.1) is 0 Å². The molecule has 0 bridgehead atoms. The molecule has 0 fully saturated rings. The van der Waals surface area contributed by atoms with Crippen LogP contribution in [0.3, 0.4) is 0 Å². The lowest BCUT2D eigenvalue weighted by Crippen LogP contribution is -2.33. The number of hydrogen-bond acceptors (Lipinski definition) is 2. The van der Waals surface area contributed by atoms with E-state index in [2.05, 4.69) is 31.2 Å². The van der Waals surface area contributed by atoms with Crippen LogP contribution in [-0.2, 0) is 17.8 Å². The normalized spacial score (nSPS) is 12.2. The summed E-state index contributed by atoms with van der Waals surface area (Å²) in [5.74, 6) is -0.260. The number of aryl methyl sites for hydroxylation is 1. The first-order chi connectivity index (χ1) is 8.62. The van der Waals surface area contributed by atoms with E-state index in [-0.39, 0.29) is 18.4 Å². The Morgan fingerprint density at radius 3 is 2.22 bits per heavy atom. The van der Waals surface area contributed by atoms with Crippen LogP contribution in [0.5, 0.6) is 0 Å². The van der Waals surface area contributed by atoms with E-state index in [1.165, 1.54) is 5.56 Å². The second-order valence-electron chi connectivity index (χ2n) is 4.65. The second-order valence-corrected chi connectivity index (χ2v) is 4.65. The zero-order valence-electron chi connectivity index (χ0n) is 11.5. The van der Waals surface area contributed by atoms with Gasteiger partial charge in [-0.05, 0) is 24.0 Å². The monoisotopic (exact) mass is 249 g/mol. The standard InChI is InChI=1S/C15H23NO2/c1-4-12-6-8-13(9-7-12)10-16(3)15(18)14(5-2)11-17/h6-9,14,17H,4-5,10-11H2,1-3H3. The lowest BCUT2D eigenvalue weighted by atomic mass is 10.1. The third kappa shape index (κ3) is 3.84. The van der Waals surface area contributed by atoms with Crippen LogP contribution in [0.15, 0.2) is 24.3 Å². The van der Waals surface area contributed by atoms with Crippen molar-refractivity contribution in [2.24, 2.45) is 5.92 Å². The average Bonchev–Trinajstić information content (AvgIpc) is 2.40. The largest absolute Gasteiger partial charge is 0.396 e. The highest BCUT2D eigenvalue weighted by Gasteiger charge is 2.19. The molecule has 0 aromatic heterocycles. The Hall–Kier alpha value is -1.35. The molecule has 1 amide bonds. The quantitative estimate of drug-likeness (QED) is 0.840. The number of nitrogens with zero attached hydrogens (tertiary/aromatic N) is 1. The van der Waals surface area contributed by atoms with Crippen LogP contribution in [0.2, 0.25) is 0 Å². The van der Waals surface area contributed by atoms with Crippen molar-refractivity contribution in [1.82, 2.24) is 4.90 Å². The van der Waals surface area contributed by atoms with Gasteiger partial charge in [0.1, 0.15) is 0 Å². The van der Waals surface area contributed by atoms with E-state index < -0.39 is 0 Å². The molecule has 0 saturated carbocycles. The number of rotatable bonds is 6. The summed E-state index contributed by atoms with van der Waals surface area (Å²) in [6.45, 7) is 4.56. The third-order valence-electron chi connectivity index (χ3n) is 3.29. The molecular weight excluding hydrogens is 226 g/mol. The van der Waals surface area contributed by atoms with Crippen molar-refractivity contribution in [3.63, 3.8) is 0 Å². The van der Waals surface area contributed by atoms with E-state index >= 15 is 0 Å². The minimum absolute atomic E-state index is 0.0135. The van der Waals surface area contributed by atoms with Crippen LogP contribution in [0.4, 0.5) is 0 Å². The van der Waals surface area contributed by atoms with E-state index in [1.807, 2.05) is 6.92 Å². The predicted molar refractivity (Wildman–Crippen MR) is 73.2 cm³/mol. The number of carbonyl (C=O) groups is 1. The van der Waals surface area contributed by atoms with Gasteiger partial charge in [-0.1, -0.05) is 38.1 Å². The van der Waals surface area contributed by atoms with Crippen LogP contribution in [0.25, 0.3) is 0 Å². The van der Waals surface area contributed by atoms with Gasteiger partial charge in [0.25, 0.3) is 0 Å². The molecule has 0 radical (unpaired) electrons. The maximum absolute atomic E-state index is 12.0. The van der Waals surface area contributed by atoms with Crippen molar-refractivity contribution < 1.29 is 9.90 Å². The first-order valence-corrected chi connectivity index (χ1v) is 6.56. The van der Waals surface area contributed by atoms with Gasteiger partial charge in [0.05, 0.1) is 12.5 Å². The Morgan fingerprint density at radius 1 is 1.22 bits per heavy atom. The van der Waals surface area contributed by atoms with Gasteiger partial charge in [-0.25, -0.2) is 0 Å². The van der Waals surface area contributed by atoms with E-state index in [0.717, 1.165) is 12.0 Å². The zero-order chi connectivity index (χ0) is 13.5. The maximum Gasteiger partial charge on any atom is 0.228 e. The Balaban J connectivity index is 2.62. The highest BCUT2D eigenvalue weighted by atomic mass is 16.3. The molecule has 1 aromatic carbocycles. The van der Waals surface area contributed by atoms with Gasteiger partial charge < -0.3 is 10.0 Å². The highest BCUT2D eigenvalue weighted by Crippen LogP contribution is 2.11. The SMILES string of the molecule is CCc1ccc(CN(C)C(=O)C(CC)CO)cc1. The van der Waals surface area contributed by atoms with Gasteiger partial charge in [0.15, 0.2) is 0 Å². The summed E-state index contributed by atoms with van der Waals surface area (Å²) >= 11 is 0. The molecule has 0 spiro atoms. The average molecular weight is 249 g/mol. The summed E-state index contributed by atoms with van der Waals surface area (Å²) in [6.07, 6.45) is 1.70. The Morgan fingerprint density at radius 2 is 1.78 bits per heavy atom. The molecule has 0 aliphatic carbocycles.